The van der Waals surface area contributed by atoms with Gasteiger partial charge in [0.1, 0.15) is 11.8 Å². The van der Waals surface area contributed by atoms with E-state index in [4.69, 9.17) is 10.1 Å². The highest BCUT2D eigenvalue weighted by molar-refractivity contribution is 7.89. The molecule has 0 N–H and O–H groups in total. The van der Waals surface area contributed by atoms with Crippen LogP contribution in [0.2, 0.25) is 0 Å². The Morgan fingerprint density at radius 3 is 2.39 bits per heavy atom. The summed E-state index contributed by atoms with van der Waals surface area (Å²) in [5, 5.41) is 15.1. The van der Waals surface area contributed by atoms with Crippen molar-refractivity contribution >= 4 is 32.7 Å². The normalized spacial score (nSPS) is 15.1. The molecule has 1 aliphatic rings. The number of rotatable bonds is 6. The van der Waals surface area contributed by atoms with E-state index in [0.29, 0.717) is 41.3 Å². The number of para-hydroxylation sites is 3. The molecule has 0 atom stereocenters. The van der Waals surface area contributed by atoms with Crippen LogP contribution in [0.5, 0.6) is 0 Å². The summed E-state index contributed by atoms with van der Waals surface area (Å²) < 4.78 is 32.5. The highest BCUT2D eigenvalue weighted by atomic mass is 32.2. The van der Waals surface area contributed by atoms with E-state index in [1.165, 1.54) is 0 Å². The topological polar surface area (TPSA) is 96.8 Å². The Kier molecular flexibility index (Phi) is 7.26. The molecule has 2 aromatic heterocycles. The fourth-order valence-corrected chi connectivity index (χ4v) is 6.92. The molecule has 0 aliphatic carbocycles. The van der Waals surface area contributed by atoms with Crippen LogP contribution in [-0.2, 0) is 17.1 Å². The highest BCUT2D eigenvalue weighted by Crippen LogP contribution is 2.31. The lowest BCUT2D eigenvalue weighted by Crippen LogP contribution is -2.31. The van der Waals surface area contributed by atoms with Crippen LogP contribution in [0, 0.1) is 11.3 Å². The van der Waals surface area contributed by atoms with Crippen molar-refractivity contribution in [1.82, 2.24) is 23.6 Å². The predicted molar refractivity (Wildman–Crippen MR) is 160 cm³/mol. The maximum atomic E-state index is 13.6. The highest BCUT2D eigenvalue weighted by Gasteiger charge is 2.26. The number of sulfonamides is 1. The first-order valence-electron chi connectivity index (χ1n) is 13.7. The Morgan fingerprint density at radius 1 is 0.927 bits per heavy atom. The number of hydrogen-bond acceptors (Lipinski definition) is 5. The fourth-order valence-electron chi connectivity index (χ4n) is 5.35. The molecular formula is C32H30N6O2S. The van der Waals surface area contributed by atoms with E-state index in [1.807, 2.05) is 78.5 Å². The standard InChI is InChI=1S/C32H30N6O2S/c1-36-30-17-8-7-16-29(30)34-32(36)25(22-33)20-26-23-38(27-13-5-4-6-14-27)35-31(26)24-12-11-15-28(21-24)41(39,40)37-18-9-2-3-10-19-37/h4-8,11-17,20-21,23H,2-3,9-10,18-19H2,1H3. The van der Waals surface area contributed by atoms with Crippen molar-refractivity contribution in [1.29, 1.82) is 5.26 Å². The Labute approximate surface area is 239 Å². The minimum atomic E-state index is -3.65. The minimum absolute atomic E-state index is 0.247. The lowest BCUT2D eigenvalue weighted by molar-refractivity contribution is 0.424. The van der Waals surface area contributed by atoms with Crippen LogP contribution in [0.25, 0.3) is 39.6 Å². The maximum Gasteiger partial charge on any atom is 0.243 e. The van der Waals surface area contributed by atoms with E-state index in [2.05, 4.69) is 6.07 Å². The maximum absolute atomic E-state index is 13.6. The molecule has 0 saturated carbocycles. The van der Waals surface area contributed by atoms with Gasteiger partial charge < -0.3 is 4.57 Å². The molecule has 5 aromatic rings. The molecule has 206 valence electrons. The molecule has 9 heteroatoms. The molecule has 6 rings (SSSR count). The van der Waals surface area contributed by atoms with E-state index in [0.717, 1.165) is 42.4 Å². The molecule has 0 bridgehead atoms. The number of aromatic nitrogens is 4. The van der Waals surface area contributed by atoms with Gasteiger partial charge in [-0.05, 0) is 55.3 Å². The zero-order valence-corrected chi connectivity index (χ0v) is 23.6. The number of nitrogens with zero attached hydrogens (tertiary/aromatic N) is 6. The van der Waals surface area contributed by atoms with E-state index in [1.54, 1.807) is 33.3 Å². The average Bonchev–Trinajstić information content (AvgIpc) is 3.44. The fraction of sp³-hybridized carbons (Fsp3) is 0.219. The van der Waals surface area contributed by atoms with Gasteiger partial charge in [-0.25, -0.2) is 18.1 Å². The second kappa shape index (κ2) is 11.2. The molecule has 41 heavy (non-hydrogen) atoms. The Balaban J connectivity index is 1.48. The van der Waals surface area contributed by atoms with E-state index < -0.39 is 10.0 Å². The number of hydrogen-bond donors (Lipinski definition) is 0. The summed E-state index contributed by atoms with van der Waals surface area (Å²) in [6.07, 6.45) is 7.47. The van der Waals surface area contributed by atoms with Gasteiger partial charge >= 0.3 is 0 Å². The van der Waals surface area contributed by atoms with Gasteiger partial charge in [-0.1, -0.05) is 55.3 Å². The molecule has 8 nitrogen and oxygen atoms in total. The SMILES string of the molecule is Cn1c(C(C#N)=Cc2cn(-c3ccccc3)nc2-c2cccc(S(=O)(=O)N3CCCCCC3)c2)nc2ccccc21. The van der Waals surface area contributed by atoms with Crippen molar-refractivity contribution in [2.75, 3.05) is 13.1 Å². The zero-order valence-electron chi connectivity index (χ0n) is 22.8. The summed E-state index contributed by atoms with van der Waals surface area (Å²) in [5.74, 6) is 0.546. The summed E-state index contributed by atoms with van der Waals surface area (Å²) in [4.78, 5) is 4.96. The number of imidazole rings is 1. The third-order valence-corrected chi connectivity index (χ3v) is 9.42. The first kappa shape index (κ1) is 26.7. The average molecular weight is 563 g/mol. The summed E-state index contributed by atoms with van der Waals surface area (Å²) in [6.45, 7) is 1.07. The number of nitriles is 1. The van der Waals surface area contributed by atoms with Crippen molar-refractivity contribution < 1.29 is 8.42 Å². The summed E-state index contributed by atoms with van der Waals surface area (Å²) in [7, 11) is -1.76. The lowest BCUT2D eigenvalue weighted by Gasteiger charge is -2.20. The molecule has 0 radical (unpaired) electrons. The van der Waals surface area contributed by atoms with Gasteiger partial charge in [-0.15, -0.1) is 0 Å². The third kappa shape index (κ3) is 5.20. The first-order valence-corrected chi connectivity index (χ1v) is 15.2. The van der Waals surface area contributed by atoms with E-state index in [-0.39, 0.29) is 4.90 Å². The summed E-state index contributed by atoms with van der Waals surface area (Å²) in [6, 6.07) is 26.7. The van der Waals surface area contributed by atoms with Crippen molar-refractivity contribution in [3.8, 4) is 23.0 Å². The van der Waals surface area contributed by atoms with Gasteiger partial charge in [0.15, 0.2) is 5.82 Å². The van der Waals surface area contributed by atoms with Gasteiger partial charge in [-0.3, -0.25) is 0 Å². The lowest BCUT2D eigenvalue weighted by atomic mass is 10.1. The van der Waals surface area contributed by atoms with Crippen molar-refractivity contribution in [2.24, 2.45) is 7.05 Å². The first-order chi connectivity index (χ1) is 20.0. The van der Waals surface area contributed by atoms with Gasteiger partial charge in [0, 0.05) is 37.5 Å². The molecule has 1 saturated heterocycles. The monoisotopic (exact) mass is 562 g/mol. The van der Waals surface area contributed by atoms with Gasteiger partial charge in [0.25, 0.3) is 0 Å². The van der Waals surface area contributed by atoms with Gasteiger partial charge in [0.05, 0.1) is 27.2 Å². The molecular weight excluding hydrogens is 532 g/mol. The number of fused-ring (bicyclic) bond motifs is 1. The van der Waals surface area contributed by atoms with Crippen LogP contribution in [0.1, 0.15) is 37.1 Å². The van der Waals surface area contributed by atoms with Crippen molar-refractivity contribution in [3.05, 3.63) is 96.4 Å². The Morgan fingerprint density at radius 2 is 1.66 bits per heavy atom. The molecule has 0 spiro atoms. The molecule has 0 unspecified atom stereocenters. The van der Waals surface area contributed by atoms with Crippen LogP contribution in [0.4, 0.5) is 0 Å². The van der Waals surface area contributed by atoms with Crippen molar-refractivity contribution in [3.63, 3.8) is 0 Å². The smallest absolute Gasteiger partial charge is 0.243 e. The van der Waals surface area contributed by atoms with E-state index >= 15 is 0 Å². The van der Waals surface area contributed by atoms with Crippen LogP contribution in [0.15, 0.2) is 90.0 Å². The second-order valence-corrected chi connectivity index (χ2v) is 12.2. The predicted octanol–water partition coefficient (Wildman–Crippen LogP) is 6.05. The van der Waals surface area contributed by atoms with Crippen molar-refractivity contribution in [2.45, 2.75) is 30.6 Å². The molecule has 3 heterocycles. The van der Waals surface area contributed by atoms with Crippen LogP contribution < -0.4 is 0 Å². The molecule has 0 amide bonds. The van der Waals surface area contributed by atoms with Crippen LogP contribution >= 0.6 is 0 Å². The molecule has 3 aromatic carbocycles. The van der Waals surface area contributed by atoms with Gasteiger partial charge in [-0.2, -0.15) is 14.7 Å². The quantitative estimate of drug-likeness (QED) is 0.235. The number of aryl methyl sites for hydroxylation is 1. The largest absolute Gasteiger partial charge is 0.327 e. The van der Waals surface area contributed by atoms with Crippen LogP contribution in [0.3, 0.4) is 0 Å². The summed E-state index contributed by atoms with van der Waals surface area (Å²) in [5.41, 5.74) is 4.88. The Hall–Kier alpha value is -4.52. The second-order valence-electron chi connectivity index (χ2n) is 10.2. The van der Waals surface area contributed by atoms with Gasteiger partial charge in [0.2, 0.25) is 10.0 Å². The number of allylic oxidation sites excluding steroid dienone is 1. The Bertz CT molecular complexity index is 1890. The minimum Gasteiger partial charge on any atom is -0.327 e. The number of benzene rings is 3. The molecule has 1 aliphatic heterocycles. The third-order valence-electron chi connectivity index (χ3n) is 7.52. The summed E-state index contributed by atoms with van der Waals surface area (Å²) >= 11 is 0. The van der Waals surface area contributed by atoms with Crippen LogP contribution in [-0.4, -0.2) is 45.1 Å². The van der Waals surface area contributed by atoms with E-state index in [9.17, 15) is 13.7 Å². The molecule has 1 fully saturated rings. The zero-order chi connectivity index (χ0) is 28.4.